The molecule has 3 heterocycles. The number of nitrogens with zero attached hydrogens (tertiary/aromatic N) is 3. The summed E-state index contributed by atoms with van der Waals surface area (Å²) in [5.41, 5.74) is 7.71. The summed E-state index contributed by atoms with van der Waals surface area (Å²) in [5.74, 6) is -0.278. The van der Waals surface area contributed by atoms with Gasteiger partial charge in [0.05, 0.1) is 11.4 Å². The van der Waals surface area contributed by atoms with Gasteiger partial charge >= 0.3 is 0 Å². The number of nitrogens with two attached hydrogens (primary N) is 1. The molecule has 1 fully saturated rings. The lowest BCUT2D eigenvalue weighted by Gasteiger charge is -2.23. The van der Waals surface area contributed by atoms with Crippen molar-refractivity contribution in [2.75, 3.05) is 13.1 Å². The van der Waals surface area contributed by atoms with E-state index in [1.165, 1.54) is 0 Å². The number of rotatable bonds is 3. The molecule has 0 atom stereocenters. The molecule has 0 unspecified atom stereocenters. The molecule has 2 aromatic rings. The van der Waals surface area contributed by atoms with E-state index in [4.69, 9.17) is 5.73 Å². The van der Waals surface area contributed by atoms with Crippen molar-refractivity contribution in [1.29, 1.82) is 0 Å². The average molecular weight is 340 g/mol. The molecular formula is C15H22ClN5O2. The van der Waals surface area contributed by atoms with Crippen LogP contribution >= 0.6 is 12.4 Å². The lowest BCUT2D eigenvalue weighted by molar-refractivity contribution is 0.100. The Morgan fingerprint density at radius 2 is 2.09 bits per heavy atom. The number of nitrogens with one attached hydrogen (secondary N) is 1. The van der Waals surface area contributed by atoms with Crippen LogP contribution in [-0.2, 0) is 6.54 Å². The smallest absolute Gasteiger partial charge is 0.254 e. The SMILES string of the molecule is CCn1c(=O)cc(C2CCNCC2)n2nc(C)c(C(N)=O)c12.Cl. The Morgan fingerprint density at radius 1 is 1.43 bits per heavy atom. The quantitative estimate of drug-likeness (QED) is 0.865. The summed E-state index contributed by atoms with van der Waals surface area (Å²) >= 11 is 0. The highest BCUT2D eigenvalue weighted by Gasteiger charge is 2.25. The molecule has 0 aliphatic carbocycles. The highest BCUT2D eigenvalue weighted by atomic mass is 35.5. The fourth-order valence-electron chi connectivity index (χ4n) is 3.32. The number of amides is 1. The number of halogens is 1. The molecule has 3 N–H and O–H groups in total. The van der Waals surface area contributed by atoms with E-state index in [1.54, 1.807) is 22.1 Å². The van der Waals surface area contributed by atoms with Gasteiger partial charge < -0.3 is 11.1 Å². The summed E-state index contributed by atoms with van der Waals surface area (Å²) in [5, 5.41) is 7.81. The van der Waals surface area contributed by atoms with Gasteiger partial charge in [-0.15, -0.1) is 12.4 Å². The van der Waals surface area contributed by atoms with Crippen LogP contribution in [0.2, 0.25) is 0 Å². The number of hydrogen-bond donors (Lipinski definition) is 2. The molecule has 0 radical (unpaired) electrons. The van der Waals surface area contributed by atoms with Crippen LogP contribution < -0.4 is 16.6 Å². The van der Waals surface area contributed by atoms with Crippen molar-refractivity contribution in [1.82, 2.24) is 19.5 Å². The van der Waals surface area contributed by atoms with E-state index < -0.39 is 5.91 Å². The molecule has 1 aliphatic heterocycles. The van der Waals surface area contributed by atoms with Crippen LogP contribution in [0.3, 0.4) is 0 Å². The third-order valence-corrected chi connectivity index (χ3v) is 4.39. The Hall–Kier alpha value is -1.86. The van der Waals surface area contributed by atoms with Crippen molar-refractivity contribution in [2.24, 2.45) is 5.73 Å². The normalized spacial score (nSPS) is 15.6. The Labute approximate surface area is 140 Å². The van der Waals surface area contributed by atoms with E-state index in [0.717, 1.165) is 31.6 Å². The Morgan fingerprint density at radius 3 is 2.65 bits per heavy atom. The first-order valence-corrected chi connectivity index (χ1v) is 7.68. The predicted octanol–water partition coefficient (Wildman–Crippen LogP) is 0.812. The number of carbonyl (C=O) groups is 1. The summed E-state index contributed by atoms with van der Waals surface area (Å²) in [6.45, 7) is 5.95. The van der Waals surface area contributed by atoms with Gasteiger partial charge in [-0.25, -0.2) is 4.52 Å². The zero-order chi connectivity index (χ0) is 15.9. The zero-order valence-electron chi connectivity index (χ0n) is 13.3. The minimum atomic E-state index is -0.545. The monoisotopic (exact) mass is 339 g/mol. The van der Waals surface area contributed by atoms with Gasteiger partial charge in [-0.05, 0) is 39.8 Å². The Balaban J connectivity index is 0.00000192. The number of carbonyl (C=O) groups excluding carboxylic acids is 1. The van der Waals surface area contributed by atoms with E-state index in [1.807, 2.05) is 6.92 Å². The Bertz CT molecular complexity index is 789. The number of aryl methyl sites for hydroxylation is 2. The molecule has 0 bridgehead atoms. The van der Waals surface area contributed by atoms with Gasteiger partial charge in [0, 0.05) is 18.5 Å². The molecule has 1 saturated heterocycles. The van der Waals surface area contributed by atoms with Crippen molar-refractivity contribution < 1.29 is 4.79 Å². The number of aromatic nitrogens is 3. The second kappa shape index (κ2) is 6.72. The number of fused-ring (bicyclic) bond motifs is 1. The van der Waals surface area contributed by atoms with Crippen molar-refractivity contribution in [3.63, 3.8) is 0 Å². The molecule has 8 heteroatoms. The lowest BCUT2D eigenvalue weighted by Crippen LogP contribution is -2.30. The molecular weight excluding hydrogens is 318 g/mol. The van der Waals surface area contributed by atoms with Crippen LogP contribution in [0.1, 0.15) is 47.4 Å². The largest absolute Gasteiger partial charge is 0.365 e. The van der Waals surface area contributed by atoms with Gasteiger partial charge in [-0.3, -0.25) is 14.2 Å². The molecule has 0 aromatic carbocycles. The first kappa shape index (κ1) is 17.5. The van der Waals surface area contributed by atoms with Crippen LogP contribution in [0.5, 0.6) is 0 Å². The molecule has 1 aliphatic rings. The summed E-state index contributed by atoms with van der Waals surface area (Å²) in [6.07, 6.45) is 1.91. The standard InChI is InChI=1S/C15H21N5O2.ClH/c1-3-19-12(21)8-11(10-4-6-17-7-5-10)20-15(19)13(14(16)22)9(2)18-20;/h8,10,17H,3-7H2,1-2H3,(H2,16,22);1H. The molecule has 7 nitrogen and oxygen atoms in total. The van der Waals surface area contributed by atoms with E-state index in [-0.39, 0.29) is 23.9 Å². The van der Waals surface area contributed by atoms with Crippen LogP contribution in [0.25, 0.3) is 5.65 Å². The van der Waals surface area contributed by atoms with Gasteiger partial charge in [0.1, 0.15) is 5.56 Å². The maximum Gasteiger partial charge on any atom is 0.254 e. The lowest BCUT2D eigenvalue weighted by atomic mass is 9.94. The van der Waals surface area contributed by atoms with Crippen LogP contribution in [0.15, 0.2) is 10.9 Å². The van der Waals surface area contributed by atoms with Gasteiger partial charge in [-0.1, -0.05) is 0 Å². The number of hydrogen-bond acceptors (Lipinski definition) is 4. The van der Waals surface area contributed by atoms with Crippen LogP contribution in [0.4, 0.5) is 0 Å². The molecule has 2 aromatic heterocycles. The molecule has 0 spiro atoms. The number of primary amides is 1. The topological polar surface area (TPSA) is 94.4 Å². The minimum absolute atomic E-state index is 0. The van der Waals surface area contributed by atoms with Gasteiger partial charge in [0.15, 0.2) is 5.65 Å². The van der Waals surface area contributed by atoms with E-state index >= 15 is 0 Å². The second-order valence-electron chi connectivity index (χ2n) is 5.74. The number of piperidine rings is 1. The van der Waals surface area contributed by atoms with Gasteiger partial charge in [0.25, 0.3) is 11.5 Å². The third kappa shape index (κ3) is 2.86. The van der Waals surface area contributed by atoms with Gasteiger partial charge in [-0.2, -0.15) is 5.10 Å². The predicted molar refractivity (Wildman–Crippen MR) is 90.5 cm³/mol. The van der Waals surface area contributed by atoms with Crippen LogP contribution in [0, 0.1) is 6.92 Å². The fourth-order valence-corrected chi connectivity index (χ4v) is 3.32. The van der Waals surface area contributed by atoms with Crippen molar-refractivity contribution in [2.45, 2.75) is 39.2 Å². The first-order chi connectivity index (χ1) is 10.5. The fraction of sp³-hybridized carbons (Fsp3) is 0.533. The molecule has 0 saturated carbocycles. The van der Waals surface area contributed by atoms with E-state index in [0.29, 0.717) is 23.4 Å². The average Bonchev–Trinajstić information content (AvgIpc) is 2.84. The van der Waals surface area contributed by atoms with E-state index in [2.05, 4.69) is 10.4 Å². The minimum Gasteiger partial charge on any atom is -0.365 e. The zero-order valence-corrected chi connectivity index (χ0v) is 14.2. The second-order valence-corrected chi connectivity index (χ2v) is 5.74. The third-order valence-electron chi connectivity index (χ3n) is 4.39. The first-order valence-electron chi connectivity index (χ1n) is 7.68. The summed E-state index contributed by atoms with van der Waals surface area (Å²) in [4.78, 5) is 24.3. The van der Waals surface area contributed by atoms with Gasteiger partial charge in [0.2, 0.25) is 0 Å². The van der Waals surface area contributed by atoms with Crippen LogP contribution in [-0.4, -0.2) is 33.2 Å². The van der Waals surface area contributed by atoms with E-state index in [9.17, 15) is 9.59 Å². The summed E-state index contributed by atoms with van der Waals surface area (Å²) in [6, 6.07) is 1.66. The highest BCUT2D eigenvalue weighted by Crippen LogP contribution is 2.26. The maximum absolute atomic E-state index is 12.5. The molecule has 126 valence electrons. The highest BCUT2D eigenvalue weighted by molar-refractivity contribution is 6.00. The van der Waals surface area contributed by atoms with Crippen molar-refractivity contribution >= 4 is 24.0 Å². The summed E-state index contributed by atoms with van der Waals surface area (Å²) < 4.78 is 3.31. The molecule has 1 amide bonds. The van der Waals surface area contributed by atoms with Crippen molar-refractivity contribution in [3.8, 4) is 0 Å². The Kier molecular flexibility index (Phi) is 5.11. The molecule has 23 heavy (non-hydrogen) atoms. The molecule has 3 rings (SSSR count). The maximum atomic E-state index is 12.5. The van der Waals surface area contributed by atoms with Crippen molar-refractivity contribution in [3.05, 3.63) is 33.4 Å². The summed E-state index contributed by atoms with van der Waals surface area (Å²) in [7, 11) is 0.